The molecule has 0 saturated carbocycles. The summed E-state index contributed by atoms with van der Waals surface area (Å²) in [4.78, 5) is 11.4. The van der Waals surface area contributed by atoms with Crippen LogP contribution in [0.4, 0.5) is 4.39 Å². The fourth-order valence-corrected chi connectivity index (χ4v) is 1.47. The molecule has 0 saturated heterocycles. The minimum absolute atomic E-state index is 0.164. The van der Waals surface area contributed by atoms with Crippen molar-refractivity contribution < 1.29 is 23.8 Å². The molecule has 1 atom stereocenters. The SMILES string of the molecule is COCCNC(=O)COc1cc(F)ccc1C(C)O. The Balaban J connectivity index is 2.56. The number of rotatable bonds is 7. The van der Waals surface area contributed by atoms with Crippen molar-refractivity contribution in [2.24, 2.45) is 0 Å². The van der Waals surface area contributed by atoms with E-state index in [0.29, 0.717) is 18.7 Å². The van der Waals surface area contributed by atoms with Gasteiger partial charge in [0.05, 0.1) is 12.7 Å². The number of ether oxygens (including phenoxy) is 2. The average molecular weight is 271 g/mol. The summed E-state index contributed by atoms with van der Waals surface area (Å²) in [7, 11) is 1.53. The van der Waals surface area contributed by atoms with Gasteiger partial charge in [-0.3, -0.25) is 4.79 Å². The van der Waals surface area contributed by atoms with Crippen LogP contribution >= 0.6 is 0 Å². The highest BCUT2D eigenvalue weighted by Crippen LogP contribution is 2.25. The van der Waals surface area contributed by atoms with Gasteiger partial charge < -0.3 is 19.9 Å². The Labute approximate surface area is 111 Å². The summed E-state index contributed by atoms with van der Waals surface area (Å²) >= 11 is 0. The van der Waals surface area contributed by atoms with E-state index in [9.17, 15) is 14.3 Å². The molecule has 0 heterocycles. The number of halogens is 1. The quantitative estimate of drug-likeness (QED) is 0.727. The number of nitrogens with one attached hydrogen (secondary N) is 1. The lowest BCUT2D eigenvalue weighted by atomic mass is 10.1. The summed E-state index contributed by atoms with van der Waals surface area (Å²) in [5.74, 6) is -0.658. The van der Waals surface area contributed by atoms with E-state index < -0.39 is 11.9 Å². The maximum absolute atomic E-state index is 13.1. The normalized spacial score (nSPS) is 12.0. The number of carbonyl (C=O) groups excluding carboxylic acids is 1. The van der Waals surface area contributed by atoms with Crippen molar-refractivity contribution in [3.8, 4) is 5.75 Å². The van der Waals surface area contributed by atoms with E-state index in [1.54, 1.807) is 6.92 Å². The molecule has 19 heavy (non-hydrogen) atoms. The molecule has 0 radical (unpaired) electrons. The summed E-state index contributed by atoms with van der Waals surface area (Å²) < 4.78 is 23.1. The number of amides is 1. The number of carbonyl (C=O) groups is 1. The van der Waals surface area contributed by atoms with Crippen LogP contribution in [-0.4, -0.2) is 37.9 Å². The Hall–Kier alpha value is -1.66. The highest BCUT2D eigenvalue weighted by molar-refractivity contribution is 5.77. The van der Waals surface area contributed by atoms with Crippen LogP contribution in [0.5, 0.6) is 5.75 Å². The molecule has 5 nitrogen and oxygen atoms in total. The molecule has 0 fully saturated rings. The van der Waals surface area contributed by atoms with E-state index in [1.807, 2.05) is 0 Å². The molecule has 1 amide bonds. The van der Waals surface area contributed by atoms with Crippen LogP contribution in [0.1, 0.15) is 18.6 Å². The van der Waals surface area contributed by atoms with Crippen molar-refractivity contribution in [1.82, 2.24) is 5.32 Å². The van der Waals surface area contributed by atoms with Crippen LogP contribution < -0.4 is 10.1 Å². The van der Waals surface area contributed by atoms with Crippen molar-refractivity contribution >= 4 is 5.91 Å². The smallest absolute Gasteiger partial charge is 0.258 e. The second-order valence-electron chi connectivity index (χ2n) is 3.99. The fraction of sp³-hybridized carbons (Fsp3) is 0.462. The van der Waals surface area contributed by atoms with E-state index in [4.69, 9.17) is 9.47 Å². The number of benzene rings is 1. The van der Waals surface area contributed by atoms with Crippen molar-refractivity contribution in [3.63, 3.8) is 0 Å². The maximum atomic E-state index is 13.1. The summed E-state index contributed by atoms with van der Waals surface area (Å²) in [5, 5.41) is 12.1. The Bertz CT molecular complexity index is 423. The van der Waals surface area contributed by atoms with Crippen molar-refractivity contribution in [2.75, 3.05) is 26.9 Å². The zero-order valence-electron chi connectivity index (χ0n) is 11.0. The first-order valence-corrected chi connectivity index (χ1v) is 5.90. The molecule has 0 aliphatic carbocycles. The van der Waals surface area contributed by atoms with Gasteiger partial charge in [-0.1, -0.05) is 0 Å². The predicted molar refractivity (Wildman–Crippen MR) is 67.4 cm³/mol. The second kappa shape index (κ2) is 7.70. The predicted octanol–water partition coefficient (Wildman–Crippen LogP) is 1.02. The Morgan fingerprint density at radius 1 is 1.53 bits per heavy atom. The van der Waals surface area contributed by atoms with Crippen LogP contribution in [0.2, 0.25) is 0 Å². The van der Waals surface area contributed by atoms with Gasteiger partial charge in [-0.25, -0.2) is 4.39 Å². The van der Waals surface area contributed by atoms with Gasteiger partial charge in [-0.05, 0) is 19.1 Å². The Kier molecular flexibility index (Phi) is 6.24. The van der Waals surface area contributed by atoms with Gasteiger partial charge in [0.1, 0.15) is 11.6 Å². The summed E-state index contributed by atoms with van der Waals surface area (Å²) in [6, 6.07) is 3.80. The van der Waals surface area contributed by atoms with Gasteiger partial charge in [-0.2, -0.15) is 0 Å². The van der Waals surface area contributed by atoms with E-state index in [1.165, 1.54) is 19.2 Å². The summed E-state index contributed by atoms with van der Waals surface area (Å²) in [6.45, 7) is 2.08. The fourth-order valence-electron chi connectivity index (χ4n) is 1.47. The lowest BCUT2D eigenvalue weighted by Gasteiger charge is -2.13. The van der Waals surface area contributed by atoms with Gasteiger partial charge in [0, 0.05) is 25.3 Å². The molecule has 0 aliphatic rings. The van der Waals surface area contributed by atoms with Gasteiger partial charge in [-0.15, -0.1) is 0 Å². The molecule has 0 spiro atoms. The average Bonchev–Trinajstić information content (AvgIpc) is 2.36. The molecule has 6 heteroatoms. The first-order valence-electron chi connectivity index (χ1n) is 5.90. The molecule has 2 N–H and O–H groups in total. The van der Waals surface area contributed by atoms with E-state index in [-0.39, 0.29) is 18.3 Å². The molecular weight excluding hydrogens is 253 g/mol. The van der Waals surface area contributed by atoms with Crippen LogP contribution in [0.3, 0.4) is 0 Å². The van der Waals surface area contributed by atoms with Gasteiger partial charge in [0.25, 0.3) is 5.91 Å². The molecule has 1 unspecified atom stereocenters. The molecule has 1 aromatic carbocycles. The topological polar surface area (TPSA) is 67.8 Å². The molecule has 1 aromatic rings. The van der Waals surface area contributed by atoms with Crippen LogP contribution in [0.25, 0.3) is 0 Å². The number of methoxy groups -OCH3 is 1. The van der Waals surface area contributed by atoms with Crippen LogP contribution in [-0.2, 0) is 9.53 Å². The summed E-state index contributed by atoms with van der Waals surface area (Å²) in [5.41, 5.74) is 0.436. The van der Waals surface area contributed by atoms with Crippen molar-refractivity contribution in [1.29, 1.82) is 0 Å². The van der Waals surface area contributed by atoms with Gasteiger partial charge >= 0.3 is 0 Å². The van der Waals surface area contributed by atoms with Crippen molar-refractivity contribution in [3.05, 3.63) is 29.6 Å². The largest absolute Gasteiger partial charge is 0.483 e. The number of hydrogen-bond donors (Lipinski definition) is 2. The van der Waals surface area contributed by atoms with Gasteiger partial charge in [0.15, 0.2) is 6.61 Å². The first-order chi connectivity index (χ1) is 9.04. The Morgan fingerprint density at radius 3 is 2.89 bits per heavy atom. The van der Waals surface area contributed by atoms with Gasteiger partial charge in [0.2, 0.25) is 0 Å². The lowest BCUT2D eigenvalue weighted by molar-refractivity contribution is -0.123. The third kappa shape index (κ3) is 5.23. The minimum atomic E-state index is -0.799. The molecule has 0 aromatic heterocycles. The van der Waals surface area contributed by atoms with Crippen LogP contribution in [0.15, 0.2) is 18.2 Å². The van der Waals surface area contributed by atoms with E-state index in [2.05, 4.69) is 5.32 Å². The standard InChI is InChI=1S/C13H18FNO4/c1-9(16)11-4-3-10(14)7-12(11)19-8-13(17)15-5-6-18-2/h3-4,7,9,16H,5-6,8H2,1-2H3,(H,15,17). The molecular formula is C13H18FNO4. The van der Waals surface area contributed by atoms with E-state index in [0.717, 1.165) is 6.07 Å². The number of hydrogen-bond acceptors (Lipinski definition) is 4. The highest BCUT2D eigenvalue weighted by Gasteiger charge is 2.11. The van der Waals surface area contributed by atoms with Crippen LogP contribution in [0, 0.1) is 5.82 Å². The zero-order chi connectivity index (χ0) is 14.3. The number of aliphatic hydroxyl groups is 1. The summed E-state index contributed by atoms with van der Waals surface area (Å²) in [6.07, 6.45) is -0.799. The third-order valence-corrected chi connectivity index (χ3v) is 2.41. The monoisotopic (exact) mass is 271 g/mol. The molecule has 0 bridgehead atoms. The number of aliphatic hydroxyl groups excluding tert-OH is 1. The van der Waals surface area contributed by atoms with E-state index >= 15 is 0 Å². The third-order valence-electron chi connectivity index (χ3n) is 2.41. The molecule has 1 rings (SSSR count). The Morgan fingerprint density at radius 2 is 2.26 bits per heavy atom. The minimum Gasteiger partial charge on any atom is -0.483 e. The van der Waals surface area contributed by atoms with Crippen molar-refractivity contribution in [2.45, 2.75) is 13.0 Å². The maximum Gasteiger partial charge on any atom is 0.258 e. The molecule has 106 valence electrons. The zero-order valence-corrected chi connectivity index (χ0v) is 11.0. The highest BCUT2D eigenvalue weighted by atomic mass is 19.1. The second-order valence-corrected chi connectivity index (χ2v) is 3.99. The first kappa shape index (κ1) is 15.4. The lowest BCUT2D eigenvalue weighted by Crippen LogP contribution is -2.31. The molecule has 0 aliphatic heterocycles.